The summed E-state index contributed by atoms with van der Waals surface area (Å²) in [4.78, 5) is 17.3. The maximum atomic E-state index is 12.8. The Morgan fingerprint density at radius 1 is 1.32 bits per heavy atom. The van der Waals surface area contributed by atoms with Gasteiger partial charge >= 0.3 is 0 Å². The van der Waals surface area contributed by atoms with Crippen molar-refractivity contribution in [3.05, 3.63) is 24.0 Å². The van der Waals surface area contributed by atoms with Crippen LogP contribution < -0.4 is 0 Å². The van der Waals surface area contributed by atoms with Gasteiger partial charge in [0.2, 0.25) is 0 Å². The van der Waals surface area contributed by atoms with E-state index in [4.69, 9.17) is 0 Å². The first-order valence-corrected chi connectivity index (χ1v) is 8.47. The Balaban J connectivity index is 2.09. The summed E-state index contributed by atoms with van der Waals surface area (Å²) in [5.74, 6) is 0.171. The summed E-state index contributed by atoms with van der Waals surface area (Å²) in [6, 6.07) is 2.97. The van der Waals surface area contributed by atoms with Crippen LogP contribution in [-0.4, -0.2) is 52.0 Å². The van der Waals surface area contributed by atoms with Crippen LogP contribution in [0.15, 0.2) is 18.5 Å². The van der Waals surface area contributed by atoms with E-state index >= 15 is 0 Å². The van der Waals surface area contributed by atoms with E-state index in [0.29, 0.717) is 12.1 Å². The molecule has 0 saturated carbocycles. The number of piperazine rings is 1. The van der Waals surface area contributed by atoms with Crippen molar-refractivity contribution in [2.75, 3.05) is 19.6 Å². The van der Waals surface area contributed by atoms with Crippen LogP contribution in [0.4, 0.5) is 0 Å². The van der Waals surface area contributed by atoms with E-state index in [1.165, 1.54) is 0 Å². The lowest BCUT2D eigenvalue weighted by Gasteiger charge is -2.43. The van der Waals surface area contributed by atoms with Crippen LogP contribution in [0.2, 0.25) is 0 Å². The van der Waals surface area contributed by atoms with E-state index in [2.05, 4.69) is 51.0 Å². The molecule has 0 N–H and O–H groups in total. The summed E-state index contributed by atoms with van der Waals surface area (Å²) in [7, 11) is 0. The highest BCUT2D eigenvalue weighted by molar-refractivity contribution is 5.94. The van der Waals surface area contributed by atoms with E-state index in [1.807, 2.05) is 23.4 Å². The summed E-state index contributed by atoms with van der Waals surface area (Å²) < 4.78 is 2.11. The van der Waals surface area contributed by atoms with Crippen molar-refractivity contribution in [2.45, 2.75) is 65.6 Å². The van der Waals surface area contributed by atoms with E-state index < -0.39 is 0 Å². The van der Waals surface area contributed by atoms with Gasteiger partial charge in [-0.3, -0.25) is 9.69 Å². The van der Waals surface area contributed by atoms with Crippen molar-refractivity contribution in [2.24, 2.45) is 0 Å². The first-order chi connectivity index (χ1) is 10.2. The lowest BCUT2D eigenvalue weighted by Crippen LogP contribution is -2.56. The normalized spacial score (nSPS) is 20.7. The highest BCUT2D eigenvalue weighted by Gasteiger charge is 2.30. The fourth-order valence-electron chi connectivity index (χ4n) is 3.22. The molecule has 1 aliphatic heterocycles. The van der Waals surface area contributed by atoms with E-state index in [1.54, 1.807) is 0 Å². The molecule has 1 saturated heterocycles. The van der Waals surface area contributed by atoms with Crippen molar-refractivity contribution in [3.63, 3.8) is 0 Å². The molecule has 124 valence electrons. The molecule has 0 bridgehead atoms. The van der Waals surface area contributed by atoms with Crippen LogP contribution in [0.1, 0.15) is 58.3 Å². The van der Waals surface area contributed by atoms with Crippen LogP contribution in [0.3, 0.4) is 0 Å². The summed E-state index contributed by atoms with van der Waals surface area (Å²) in [5.41, 5.74) is 0.823. The Bertz CT molecular complexity index is 513. The molecule has 1 aromatic heterocycles. The van der Waals surface area contributed by atoms with Gasteiger partial charge in [0.1, 0.15) is 0 Å². The molecular formula is C18H31N3O. The van der Waals surface area contributed by atoms with Crippen molar-refractivity contribution >= 4 is 5.91 Å². The molecule has 1 aromatic rings. The summed E-state index contributed by atoms with van der Waals surface area (Å²) in [6.45, 7) is 15.8. The zero-order valence-corrected chi connectivity index (χ0v) is 15.0. The van der Waals surface area contributed by atoms with Gasteiger partial charge in [-0.1, -0.05) is 6.92 Å². The Morgan fingerprint density at radius 3 is 2.50 bits per heavy atom. The topological polar surface area (TPSA) is 28.5 Å². The molecular weight excluding hydrogens is 274 g/mol. The Morgan fingerprint density at radius 2 is 2.00 bits per heavy atom. The molecule has 0 spiro atoms. The molecule has 1 fully saturated rings. The second-order valence-corrected chi connectivity index (χ2v) is 7.62. The first-order valence-electron chi connectivity index (χ1n) is 8.47. The predicted octanol–water partition coefficient (Wildman–Crippen LogP) is 3.19. The Labute approximate surface area is 135 Å². The van der Waals surface area contributed by atoms with Gasteiger partial charge in [-0.05, 0) is 47.1 Å². The summed E-state index contributed by atoms with van der Waals surface area (Å²) in [6.07, 6.45) is 5.08. The fourth-order valence-corrected chi connectivity index (χ4v) is 3.22. The molecule has 1 atom stereocenters. The second kappa shape index (κ2) is 6.45. The molecule has 1 amide bonds. The maximum Gasteiger partial charge on any atom is 0.255 e. The van der Waals surface area contributed by atoms with E-state index in [-0.39, 0.29) is 11.4 Å². The third-order valence-corrected chi connectivity index (χ3v) is 4.66. The second-order valence-electron chi connectivity index (χ2n) is 7.62. The molecule has 0 radical (unpaired) electrons. The number of amides is 1. The highest BCUT2D eigenvalue weighted by atomic mass is 16.2. The third kappa shape index (κ3) is 3.54. The Kier molecular flexibility index (Phi) is 5.00. The predicted molar refractivity (Wildman–Crippen MR) is 91.3 cm³/mol. The number of aromatic nitrogens is 1. The number of nitrogens with zero attached hydrogens (tertiary/aromatic N) is 3. The zero-order chi connectivity index (χ0) is 16.5. The van der Waals surface area contributed by atoms with Gasteiger partial charge in [0.05, 0.1) is 5.56 Å². The minimum absolute atomic E-state index is 0.0147. The van der Waals surface area contributed by atoms with E-state index in [9.17, 15) is 4.79 Å². The third-order valence-electron chi connectivity index (χ3n) is 4.66. The molecule has 4 heteroatoms. The van der Waals surface area contributed by atoms with Gasteiger partial charge < -0.3 is 9.47 Å². The van der Waals surface area contributed by atoms with Gasteiger partial charge in [0.15, 0.2) is 0 Å². The number of hydrogen-bond donors (Lipinski definition) is 0. The van der Waals surface area contributed by atoms with Crippen LogP contribution in [0.5, 0.6) is 0 Å². The lowest BCUT2D eigenvalue weighted by molar-refractivity contribution is 0.0371. The van der Waals surface area contributed by atoms with Crippen LogP contribution >= 0.6 is 0 Å². The maximum absolute atomic E-state index is 12.8. The lowest BCUT2D eigenvalue weighted by atomic mass is 10.1. The van der Waals surface area contributed by atoms with Gasteiger partial charge in [-0.25, -0.2) is 0 Å². The van der Waals surface area contributed by atoms with Crippen LogP contribution in [-0.2, 0) is 5.54 Å². The first kappa shape index (κ1) is 17.1. The van der Waals surface area contributed by atoms with Gasteiger partial charge in [-0.15, -0.1) is 0 Å². The van der Waals surface area contributed by atoms with Crippen molar-refractivity contribution < 1.29 is 4.79 Å². The number of rotatable bonds is 3. The molecule has 0 unspecified atom stereocenters. The molecule has 2 rings (SSSR count). The molecule has 2 heterocycles. The van der Waals surface area contributed by atoms with Crippen molar-refractivity contribution in [3.8, 4) is 0 Å². The van der Waals surface area contributed by atoms with Crippen LogP contribution in [0, 0.1) is 0 Å². The molecule has 0 aliphatic carbocycles. The molecule has 4 nitrogen and oxygen atoms in total. The van der Waals surface area contributed by atoms with Crippen molar-refractivity contribution in [1.29, 1.82) is 0 Å². The molecule has 1 aliphatic rings. The van der Waals surface area contributed by atoms with Gasteiger partial charge in [0.25, 0.3) is 5.91 Å². The number of hydrogen-bond acceptors (Lipinski definition) is 2. The average molecular weight is 305 g/mol. The standard InChI is InChI=1S/C18H31N3O/c1-7-16-13-19(10-11-21(16)14(2)3)17(22)15-8-9-20(12-15)18(4,5)6/h8-9,12,14,16H,7,10-11,13H2,1-6H3/t16-/m0/s1. The summed E-state index contributed by atoms with van der Waals surface area (Å²) >= 11 is 0. The molecule has 22 heavy (non-hydrogen) atoms. The van der Waals surface area contributed by atoms with Crippen molar-refractivity contribution in [1.82, 2.24) is 14.4 Å². The fraction of sp³-hybridized carbons (Fsp3) is 0.722. The largest absolute Gasteiger partial charge is 0.348 e. The number of carbonyl (C=O) groups is 1. The van der Waals surface area contributed by atoms with Crippen LogP contribution in [0.25, 0.3) is 0 Å². The quantitative estimate of drug-likeness (QED) is 0.858. The SMILES string of the molecule is CC[C@H]1CN(C(=O)c2ccn(C(C)(C)C)c2)CCN1C(C)C. The van der Waals surface area contributed by atoms with E-state index in [0.717, 1.165) is 31.6 Å². The minimum Gasteiger partial charge on any atom is -0.348 e. The van der Waals surface area contributed by atoms with Gasteiger partial charge in [0, 0.05) is 49.7 Å². The zero-order valence-electron chi connectivity index (χ0n) is 15.0. The minimum atomic E-state index is 0.0147. The smallest absolute Gasteiger partial charge is 0.255 e. The summed E-state index contributed by atoms with van der Waals surface area (Å²) in [5, 5.41) is 0. The highest BCUT2D eigenvalue weighted by Crippen LogP contribution is 2.20. The average Bonchev–Trinajstić information content (AvgIpc) is 2.95. The Hall–Kier alpha value is -1.29. The van der Waals surface area contributed by atoms with Gasteiger partial charge in [-0.2, -0.15) is 0 Å². The molecule has 0 aromatic carbocycles. The monoisotopic (exact) mass is 305 g/mol. The number of carbonyl (C=O) groups excluding carboxylic acids is 1.